The van der Waals surface area contributed by atoms with Crippen LogP contribution >= 0.6 is 0 Å². The molecule has 0 atom stereocenters. The lowest BCUT2D eigenvalue weighted by molar-refractivity contribution is -0.118. The number of halogens is 1. The number of amides is 1. The Bertz CT molecular complexity index is 767. The van der Waals surface area contributed by atoms with Gasteiger partial charge in [0, 0.05) is 31.0 Å². The van der Waals surface area contributed by atoms with Gasteiger partial charge in [-0.05, 0) is 31.0 Å². The number of nitrogens with one attached hydrogen (secondary N) is 1. The Hall–Kier alpha value is -2.76. The minimum atomic E-state index is -0.426. The van der Waals surface area contributed by atoms with Crippen molar-refractivity contribution in [3.63, 3.8) is 0 Å². The number of hydrazone groups is 1. The van der Waals surface area contributed by atoms with Crippen molar-refractivity contribution in [1.29, 1.82) is 0 Å². The number of hydrogen-bond donors (Lipinski definition) is 1. The summed E-state index contributed by atoms with van der Waals surface area (Å²) in [6, 6.07) is 5.75. The molecule has 24 heavy (non-hydrogen) atoms. The van der Waals surface area contributed by atoms with Crippen LogP contribution in [0.1, 0.15) is 32.1 Å². The van der Waals surface area contributed by atoms with Crippen molar-refractivity contribution in [2.75, 3.05) is 5.01 Å². The van der Waals surface area contributed by atoms with Gasteiger partial charge in [0.1, 0.15) is 5.82 Å². The normalized spacial score (nSPS) is 18.1. The third kappa shape index (κ3) is 3.59. The van der Waals surface area contributed by atoms with E-state index in [1.165, 1.54) is 23.2 Å². The summed E-state index contributed by atoms with van der Waals surface area (Å²) >= 11 is 0. The van der Waals surface area contributed by atoms with Gasteiger partial charge in [0.25, 0.3) is 0 Å². The predicted octanol–water partition coefficient (Wildman–Crippen LogP) is 3.05. The van der Waals surface area contributed by atoms with Crippen LogP contribution in [0.15, 0.2) is 53.4 Å². The van der Waals surface area contributed by atoms with E-state index in [1.54, 1.807) is 12.1 Å². The zero-order chi connectivity index (χ0) is 17.1. The Balaban J connectivity index is 1.80. The number of allylic oxidation sites excluding steroid dienone is 3. The Labute approximate surface area is 139 Å². The van der Waals surface area contributed by atoms with Gasteiger partial charge in [-0.1, -0.05) is 12.6 Å². The number of benzene rings is 1. The van der Waals surface area contributed by atoms with Gasteiger partial charge in [-0.2, -0.15) is 5.10 Å². The molecule has 0 bridgehead atoms. The lowest BCUT2D eigenvalue weighted by Gasteiger charge is -2.25. The van der Waals surface area contributed by atoms with Crippen molar-refractivity contribution in [1.82, 2.24) is 5.32 Å². The second-order valence-electron chi connectivity index (χ2n) is 5.83. The summed E-state index contributed by atoms with van der Waals surface area (Å²) in [5.41, 5.74) is 2.38. The summed E-state index contributed by atoms with van der Waals surface area (Å²) in [6.45, 7) is 3.96. The fourth-order valence-electron chi connectivity index (χ4n) is 2.73. The summed E-state index contributed by atoms with van der Waals surface area (Å²) < 4.78 is 13.4. The summed E-state index contributed by atoms with van der Waals surface area (Å²) in [5.74, 6) is -0.520. The highest BCUT2D eigenvalue weighted by molar-refractivity contribution is 6.08. The van der Waals surface area contributed by atoms with Crippen LogP contribution in [0.3, 0.4) is 0 Å². The molecular weight excluding hydrogens is 309 g/mol. The summed E-state index contributed by atoms with van der Waals surface area (Å²) in [7, 11) is 0. The van der Waals surface area contributed by atoms with Gasteiger partial charge in [0.2, 0.25) is 5.91 Å². The fourth-order valence-corrected chi connectivity index (χ4v) is 2.73. The lowest BCUT2D eigenvalue weighted by atomic mass is 10.0. The second-order valence-corrected chi connectivity index (χ2v) is 5.83. The highest BCUT2D eigenvalue weighted by atomic mass is 19.1. The summed E-state index contributed by atoms with van der Waals surface area (Å²) in [6.07, 6.45) is 4.48. The van der Waals surface area contributed by atoms with Gasteiger partial charge in [-0.3, -0.25) is 9.59 Å². The first-order chi connectivity index (χ1) is 11.5. The standard InChI is InChI=1S/C18H18FN3O2/c1-12(20-14-5-3-7-16(23)11-14)17-8-9-18(24)22(21-17)15-6-2-4-13(19)10-15/h2,4,6,10-11,20H,1,3,5,7-9H2. The Kier molecular flexibility index (Phi) is 4.55. The monoisotopic (exact) mass is 327 g/mol. The first-order valence-electron chi connectivity index (χ1n) is 7.88. The Morgan fingerprint density at radius 3 is 2.79 bits per heavy atom. The SMILES string of the molecule is C=C(NC1=CC(=O)CCC1)C1=NN(c2cccc(F)c2)C(=O)CC1. The van der Waals surface area contributed by atoms with Gasteiger partial charge in [-0.25, -0.2) is 9.40 Å². The molecule has 0 spiro atoms. The van der Waals surface area contributed by atoms with Crippen molar-refractivity contribution in [2.45, 2.75) is 32.1 Å². The molecule has 1 heterocycles. The van der Waals surface area contributed by atoms with Crippen LogP contribution in [0.25, 0.3) is 0 Å². The molecule has 1 aliphatic heterocycles. The fraction of sp³-hybridized carbons (Fsp3) is 0.278. The van der Waals surface area contributed by atoms with Gasteiger partial charge < -0.3 is 5.32 Å². The van der Waals surface area contributed by atoms with Crippen LogP contribution in [-0.4, -0.2) is 17.4 Å². The number of carbonyl (C=O) groups excluding carboxylic acids is 2. The van der Waals surface area contributed by atoms with E-state index >= 15 is 0 Å². The molecule has 2 aliphatic rings. The summed E-state index contributed by atoms with van der Waals surface area (Å²) in [5, 5.41) is 8.64. The smallest absolute Gasteiger partial charge is 0.247 e. The number of anilines is 1. The van der Waals surface area contributed by atoms with Crippen LogP contribution in [0.2, 0.25) is 0 Å². The van der Waals surface area contributed by atoms with E-state index in [0.717, 1.165) is 18.5 Å². The highest BCUT2D eigenvalue weighted by Crippen LogP contribution is 2.23. The first-order valence-corrected chi connectivity index (χ1v) is 7.88. The average Bonchev–Trinajstić information content (AvgIpc) is 2.55. The number of rotatable bonds is 4. The van der Waals surface area contributed by atoms with Crippen LogP contribution in [0.4, 0.5) is 10.1 Å². The number of ketones is 1. The third-order valence-corrected chi connectivity index (χ3v) is 3.95. The molecule has 0 radical (unpaired) electrons. The molecule has 124 valence electrons. The van der Waals surface area contributed by atoms with Gasteiger partial charge in [0.05, 0.1) is 17.1 Å². The molecule has 1 aromatic carbocycles. The largest absolute Gasteiger partial charge is 0.358 e. The lowest BCUT2D eigenvalue weighted by Crippen LogP contribution is -2.34. The van der Waals surface area contributed by atoms with E-state index in [1.807, 2.05) is 0 Å². The summed E-state index contributed by atoms with van der Waals surface area (Å²) in [4.78, 5) is 23.6. The van der Waals surface area contributed by atoms with Crippen molar-refractivity contribution < 1.29 is 14.0 Å². The van der Waals surface area contributed by atoms with Gasteiger partial charge in [0.15, 0.2) is 5.78 Å². The van der Waals surface area contributed by atoms with Crippen LogP contribution in [0.5, 0.6) is 0 Å². The molecule has 6 heteroatoms. The maximum Gasteiger partial charge on any atom is 0.247 e. The van der Waals surface area contributed by atoms with E-state index in [-0.39, 0.29) is 18.1 Å². The molecule has 0 saturated heterocycles. The topological polar surface area (TPSA) is 61.8 Å². The molecule has 0 unspecified atom stereocenters. The van der Waals surface area contributed by atoms with Crippen molar-refractivity contribution in [2.24, 2.45) is 5.10 Å². The number of carbonyl (C=O) groups is 2. The molecule has 5 nitrogen and oxygen atoms in total. The van der Waals surface area contributed by atoms with Crippen LogP contribution in [0, 0.1) is 5.82 Å². The van der Waals surface area contributed by atoms with E-state index < -0.39 is 5.82 Å². The Morgan fingerprint density at radius 1 is 1.21 bits per heavy atom. The second kappa shape index (κ2) is 6.78. The van der Waals surface area contributed by atoms with E-state index in [4.69, 9.17) is 0 Å². The quantitative estimate of drug-likeness (QED) is 0.924. The molecule has 1 amide bonds. The maximum absolute atomic E-state index is 13.4. The molecule has 0 fully saturated rings. The third-order valence-electron chi connectivity index (χ3n) is 3.95. The highest BCUT2D eigenvalue weighted by Gasteiger charge is 2.24. The predicted molar refractivity (Wildman–Crippen MR) is 89.8 cm³/mol. The molecule has 1 aromatic rings. The molecule has 0 aromatic heterocycles. The molecule has 1 aliphatic carbocycles. The zero-order valence-electron chi connectivity index (χ0n) is 13.2. The van der Waals surface area contributed by atoms with Crippen molar-refractivity contribution >= 4 is 23.1 Å². The number of hydrogen-bond acceptors (Lipinski definition) is 4. The van der Waals surface area contributed by atoms with Crippen molar-refractivity contribution in [3.8, 4) is 0 Å². The minimum Gasteiger partial charge on any atom is -0.358 e. The van der Waals surface area contributed by atoms with Crippen LogP contribution in [-0.2, 0) is 9.59 Å². The van der Waals surface area contributed by atoms with E-state index in [2.05, 4.69) is 17.0 Å². The molecule has 3 rings (SSSR count). The van der Waals surface area contributed by atoms with E-state index in [9.17, 15) is 14.0 Å². The average molecular weight is 327 g/mol. The Morgan fingerprint density at radius 2 is 2.04 bits per heavy atom. The maximum atomic E-state index is 13.4. The van der Waals surface area contributed by atoms with Crippen LogP contribution < -0.4 is 10.3 Å². The molecule has 0 saturated carbocycles. The van der Waals surface area contributed by atoms with Crippen molar-refractivity contribution in [3.05, 3.63) is 54.1 Å². The molecule has 1 N–H and O–H groups in total. The first kappa shape index (κ1) is 16.1. The van der Waals surface area contributed by atoms with Gasteiger partial charge in [-0.15, -0.1) is 0 Å². The van der Waals surface area contributed by atoms with Gasteiger partial charge >= 0.3 is 0 Å². The minimum absolute atomic E-state index is 0.0960. The number of nitrogens with zero attached hydrogens (tertiary/aromatic N) is 2. The zero-order valence-corrected chi connectivity index (χ0v) is 13.2. The molecular formula is C18H18FN3O2. The van der Waals surface area contributed by atoms with E-state index in [0.29, 0.717) is 29.9 Å².